The number of halogens is 3. The number of hydrogen-bond acceptors (Lipinski definition) is 3. The van der Waals surface area contributed by atoms with Gasteiger partial charge in [-0.15, -0.1) is 0 Å². The van der Waals surface area contributed by atoms with Crippen molar-refractivity contribution >= 4 is 0 Å². The predicted octanol–water partition coefficient (Wildman–Crippen LogP) is 3.20. The smallest absolute Gasteiger partial charge is 0.372 e. The molecule has 1 N–H and O–H groups in total. The van der Waals surface area contributed by atoms with Gasteiger partial charge in [0.15, 0.2) is 0 Å². The number of ether oxygens (including phenoxy) is 1. The van der Waals surface area contributed by atoms with Gasteiger partial charge in [0.25, 0.3) is 0 Å². The van der Waals surface area contributed by atoms with Gasteiger partial charge in [-0.05, 0) is 46.6 Å². The quantitative estimate of drug-likeness (QED) is 0.731. The van der Waals surface area contributed by atoms with Gasteiger partial charge in [0.1, 0.15) is 6.61 Å². The lowest BCUT2D eigenvalue weighted by atomic mass is 10.0. The number of rotatable bonds is 7. The van der Waals surface area contributed by atoms with Crippen LogP contribution in [0.4, 0.5) is 13.2 Å². The Morgan fingerprint density at radius 1 is 1.19 bits per heavy atom. The van der Waals surface area contributed by atoms with E-state index in [0.29, 0.717) is 12.5 Å². The molecule has 1 saturated heterocycles. The molecule has 1 rings (SSSR count). The van der Waals surface area contributed by atoms with Gasteiger partial charge in [0, 0.05) is 31.3 Å². The van der Waals surface area contributed by atoms with E-state index in [1.165, 1.54) is 12.8 Å². The van der Waals surface area contributed by atoms with E-state index in [2.05, 4.69) is 35.7 Å². The van der Waals surface area contributed by atoms with Crippen molar-refractivity contribution in [3.8, 4) is 0 Å². The van der Waals surface area contributed by atoms with Gasteiger partial charge in [-0.3, -0.25) is 4.90 Å². The van der Waals surface area contributed by atoms with E-state index in [9.17, 15) is 13.2 Å². The van der Waals surface area contributed by atoms with Crippen molar-refractivity contribution < 1.29 is 17.9 Å². The van der Waals surface area contributed by atoms with Crippen LogP contribution in [0.5, 0.6) is 0 Å². The fourth-order valence-electron chi connectivity index (χ4n) is 2.57. The zero-order chi connectivity index (χ0) is 15.9. The maximum atomic E-state index is 12.0. The summed E-state index contributed by atoms with van der Waals surface area (Å²) in [5.74, 6) is 0. The lowest BCUT2D eigenvalue weighted by Gasteiger charge is -2.37. The molecule has 0 bridgehead atoms. The minimum absolute atomic E-state index is 0.0962. The van der Waals surface area contributed by atoms with Crippen LogP contribution in [0.3, 0.4) is 0 Å². The predicted molar refractivity (Wildman–Crippen MR) is 78.5 cm³/mol. The highest BCUT2D eigenvalue weighted by atomic mass is 19.4. The van der Waals surface area contributed by atoms with Gasteiger partial charge in [0.2, 0.25) is 0 Å². The molecule has 1 aliphatic heterocycles. The molecule has 1 fully saturated rings. The maximum absolute atomic E-state index is 12.0. The fraction of sp³-hybridized carbons (Fsp3) is 1.00. The van der Waals surface area contributed by atoms with Gasteiger partial charge in [0.05, 0.1) is 0 Å². The standard InChI is InChI=1S/C15H29F3N2O/c1-14(2,3)19-11-13-7-4-5-8-20(13)9-6-10-21-12-15(16,17)18/h13,19H,4-12H2,1-3H3. The average Bonchev–Trinajstić information content (AvgIpc) is 2.35. The molecule has 1 aliphatic rings. The Balaban J connectivity index is 2.23. The SMILES string of the molecule is CC(C)(C)NCC1CCCCN1CCCOCC(F)(F)F. The summed E-state index contributed by atoms with van der Waals surface area (Å²) in [6, 6.07) is 0.487. The van der Waals surface area contributed by atoms with Crippen LogP contribution in [0.1, 0.15) is 46.5 Å². The summed E-state index contributed by atoms with van der Waals surface area (Å²) in [5.41, 5.74) is 0.0962. The first kappa shape index (κ1) is 18.7. The van der Waals surface area contributed by atoms with Crippen LogP contribution in [-0.2, 0) is 4.74 Å². The lowest BCUT2D eigenvalue weighted by Crippen LogP contribution is -2.49. The lowest BCUT2D eigenvalue weighted by molar-refractivity contribution is -0.174. The highest BCUT2D eigenvalue weighted by molar-refractivity contribution is 4.82. The summed E-state index contributed by atoms with van der Waals surface area (Å²) in [5, 5.41) is 3.52. The molecule has 21 heavy (non-hydrogen) atoms. The highest BCUT2D eigenvalue weighted by Crippen LogP contribution is 2.18. The first-order chi connectivity index (χ1) is 9.67. The molecule has 1 unspecified atom stereocenters. The Labute approximate surface area is 126 Å². The van der Waals surface area contributed by atoms with Crippen LogP contribution in [0.25, 0.3) is 0 Å². The maximum Gasteiger partial charge on any atom is 0.411 e. The first-order valence-corrected chi connectivity index (χ1v) is 7.81. The minimum Gasteiger partial charge on any atom is -0.372 e. The Bertz CT molecular complexity index is 290. The number of nitrogens with one attached hydrogen (secondary N) is 1. The number of nitrogens with zero attached hydrogens (tertiary/aromatic N) is 1. The third kappa shape index (κ3) is 9.32. The number of piperidine rings is 1. The summed E-state index contributed by atoms with van der Waals surface area (Å²) >= 11 is 0. The van der Waals surface area contributed by atoms with Gasteiger partial charge in [-0.25, -0.2) is 0 Å². The summed E-state index contributed by atoms with van der Waals surface area (Å²) in [6.07, 6.45) is 0.00582. The molecule has 0 aliphatic carbocycles. The van der Waals surface area contributed by atoms with E-state index in [-0.39, 0.29) is 12.1 Å². The molecule has 3 nitrogen and oxygen atoms in total. The zero-order valence-corrected chi connectivity index (χ0v) is 13.4. The van der Waals surface area contributed by atoms with Crippen molar-refractivity contribution in [2.45, 2.75) is 64.2 Å². The Hall–Kier alpha value is -0.330. The fourth-order valence-corrected chi connectivity index (χ4v) is 2.57. The molecule has 0 spiro atoms. The van der Waals surface area contributed by atoms with Crippen LogP contribution in [0, 0.1) is 0 Å². The van der Waals surface area contributed by atoms with Crippen molar-refractivity contribution in [1.29, 1.82) is 0 Å². The van der Waals surface area contributed by atoms with Crippen molar-refractivity contribution in [3.05, 3.63) is 0 Å². The molecule has 0 saturated carbocycles. The van der Waals surface area contributed by atoms with E-state index in [0.717, 1.165) is 26.1 Å². The molecule has 1 heterocycles. The second-order valence-electron chi connectivity index (χ2n) is 6.84. The summed E-state index contributed by atoms with van der Waals surface area (Å²) in [7, 11) is 0. The van der Waals surface area contributed by atoms with Crippen LogP contribution in [-0.4, -0.2) is 55.5 Å². The molecule has 6 heteroatoms. The Kier molecular flexibility index (Phi) is 7.44. The molecule has 0 amide bonds. The van der Waals surface area contributed by atoms with E-state index in [1.807, 2.05) is 0 Å². The van der Waals surface area contributed by atoms with Gasteiger partial charge in [-0.2, -0.15) is 13.2 Å². The van der Waals surface area contributed by atoms with Crippen molar-refractivity contribution in [2.24, 2.45) is 0 Å². The first-order valence-electron chi connectivity index (χ1n) is 7.81. The summed E-state index contributed by atoms with van der Waals surface area (Å²) in [4.78, 5) is 2.39. The summed E-state index contributed by atoms with van der Waals surface area (Å²) in [6.45, 7) is 8.26. The molecular weight excluding hydrogens is 281 g/mol. The second kappa shape index (κ2) is 8.34. The number of alkyl halides is 3. The monoisotopic (exact) mass is 310 g/mol. The van der Waals surface area contributed by atoms with Gasteiger partial charge in [-0.1, -0.05) is 6.42 Å². The van der Waals surface area contributed by atoms with Gasteiger partial charge >= 0.3 is 6.18 Å². The van der Waals surface area contributed by atoms with Crippen LogP contribution >= 0.6 is 0 Å². The average molecular weight is 310 g/mol. The highest BCUT2D eigenvalue weighted by Gasteiger charge is 2.27. The molecule has 0 radical (unpaired) electrons. The largest absolute Gasteiger partial charge is 0.411 e. The Morgan fingerprint density at radius 2 is 1.90 bits per heavy atom. The van der Waals surface area contributed by atoms with Gasteiger partial charge < -0.3 is 10.1 Å². The van der Waals surface area contributed by atoms with E-state index in [4.69, 9.17) is 0 Å². The summed E-state index contributed by atoms with van der Waals surface area (Å²) < 4.78 is 40.6. The molecule has 0 aromatic heterocycles. The number of hydrogen-bond donors (Lipinski definition) is 1. The third-order valence-electron chi connectivity index (χ3n) is 3.62. The van der Waals surface area contributed by atoms with Crippen LogP contribution < -0.4 is 5.32 Å². The van der Waals surface area contributed by atoms with Crippen molar-refractivity contribution in [1.82, 2.24) is 10.2 Å². The molecule has 0 aromatic carbocycles. The van der Waals surface area contributed by atoms with Crippen molar-refractivity contribution in [2.75, 3.05) is 32.8 Å². The molecular formula is C15H29F3N2O. The Morgan fingerprint density at radius 3 is 2.52 bits per heavy atom. The topological polar surface area (TPSA) is 24.5 Å². The molecule has 0 aromatic rings. The minimum atomic E-state index is -4.22. The van der Waals surface area contributed by atoms with E-state index in [1.54, 1.807) is 0 Å². The molecule has 126 valence electrons. The van der Waals surface area contributed by atoms with E-state index >= 15 is 0 Å². The van der Waals surface area contributed by atoms with Crippen LogP contribution in [0.2, 0.25) is 0 Å². The van der Waals surface area contributed by atoms with Crippen LogP contribution in [0.15, 0.2) is 0 Å². The van der Waals surface area contributed by atoms with E-state index < -0.39 is 12.8 Å². The zero-order valence-electron chi connectivity index (χ0n) is 13.4. The third-order valence-corrected chi connectivity index (χ3v) is 3.62. The second-order valence-corrected chi connectivity index (χ2v) is 6.84. The number of likely N-dealkylation sites (tertiary alicyclic amines) is 1. The normalized spacial score (nSPS) is 21.7. The molecule has 1 atom stereocenters. The van der Waals surface area contributed by atoms with Crippen molar-refractivity contribution in [3.63, 3.8) is 0 Å².